The lowest BCUT2D eigenvalue weighted by Crippen LogP contribution is -2.13. The maximum atomic E-state index is 6.22. The summed E-state index contributed by atoms with van der Waals surface area (Å²) in [7, 11) is 0. The van der Waals surface area contributed by atoms with E-state index in [0.29, 0.717) is 0 Å². The molecule has 1 aliphatic rings. The minimum atomic E-state index is -0.115. The van der Waals surface area contributed by atoms with E-state index in [9.17, 15) is 0 Å². The average Bonchev–Trinajstić information content (AvgIpc) is 2.38. The Hall–Kier alpha value is -1.74. The minimum absolute atomic E-state index is 0.115. The molecule has 3 nitrogen and oxygen atoms in total. The van der Waals surface area contributed by atoms with Crippen LogP contribution in [-0.4, -0.2) is 10.2 Å². The summed E-state index contributed by atoms with van der Waals surface area (Å²) in [4.78, 5) is 0. The van der Waals surface area contributed by atoms with Crippen molar-refractivity contribution in [3.05, 3.63) is 59.4 Å². The van der Waals surface area contributed by atoms with Gasteiger partial charge in [0.05, 0.1) is 12.2 Å². The van der Waals surface area contributed by atoms with Crippen molar-refractivity contribution < 1.29 is 0 Å². The summed E-state index contributed by atoms with van der Waals surface area (Å²) in [5, 5.41) is 7.64. The van der Waals surface area contributed by atoms with Gasteiger partial charge in [0, 0.05) is 6.20 Å². The zero-order chi connectivity index (χ0) is 12.4. The molecule has 0 aliphatic heterocycles. The Morgan fingerprint density at radius 2 is 1.78 bits per heavy atom. The Morgan fingerprint density at radius 1 is 1.00 bits per heavy atom. The van der Waals surface area contributed by atoms with Gasteiger partial charge in [0.1, 0.15) is 0 Å². The van der Waals surface area contributed by atoms with Gasteiger partial charge in [0.2, 0.25) is 0 Å². The van der Waals surface area contributed by atoms with Gasteiger partial charge in [-0.15, -0.1) is 0 Å². The van der Waals surface area contributed by atoms with E-state index in [1.54, 1.807) is 12.4 Å². The molecule has 1 heterocycles. The topological polar surface area (TPSA) is 51.8 Å². The highest BCUT2D eigenvalue weighted by Gasteiger charge is 2.19. The van der Waals surface area contributed by atoms with Crippen molar-refractivity contribution in [2.24, 2.45) is 5.73 Å². The van der Waals surface area contributed by atoms with E-state index in [-0.39, 0.29) is 6.04 Å². The molecule has 3 heteroatoms. The van der Waals surface area contributed by atoms with Crippen LogP contribution in [0.5, 0.6) is 0 Å². The van der Waals surface area contributed by atoms with Crippen molar-refractivity contribution in [1.82, 2.24) is 10.2 Å². The van der Waals surface area contributed by atoms with Crippen LogP contribution in [0, 0.1) is 0 Å². The predicted octanol–water partition coefficient (Wildman–Crippen LogP) is 2.79. The monoisotopic (exact) mass is 239 g/mol. The van der Waals surface area contributed by atoms with E-state index in [2.05, 4.69) is 34.5 Å². The lowest BCUT2D eigenvalue weighted by Gasteiger charge is -2.26. The molecule has 1 unspecified atom stereocenters. The van der Waals surface area contributed by atoms with E-state index in [1.807, 2.05) is 6.07 Å². The van der Waals surface area contributed by atoms with E-state index in [0.717, 1.165) is 17.0 Å². The molecule has 0 saturated heterocycles. The van der Waals surface area contributed by atoms with Gasteiger partial charge in [-0.25, -0.2) is 0 Å². The quantitative estimate of drug-likeness (QED) is 0.896. The van der Waals surface area contributed by atoms with Gasteiger partial charge in [0.15, 0.2) is 0 Å². The van der Waals surface area contributed by atoms with E-state index in [1.165, 1.54) is 24.8 Å². The zero-order valence-electron chi connectivity index (χ0n) is 10.3. The molecule has 1 aromatic carbocycles. The van der Waals surface area contributed by atoms with Crippen LogP contribution in [-0.2, 0) is 0 Å². The third-order valence-electron chi connectivity index (χ3n) is 3.84. The molecule has 18 heavy (non-hydrogen) atoms. The van der Waals surface area contributed by atoms with Crippen LogP contribution >= 0.6 is 0 Å². The summed E-state index contributed by atoms with van der Waals surface area (Å²) in [6.45, 7) is 0. The highest BCUT2D eigenvalue weighted by atomic mass is 15.1. The molecule has 2 N–H and O–H groups in total. The molecule has 92 valence electrons. The lowest BCUT2D eigenvalue weighted by molar-refractivity contribution is 0.419. The van der Waals surface area contributed by atoms with Crippen LogP contribution in [0.15, 0.2) is 42.7 Å². The lowest BCUT2D eigenvalue weighted by atomic mass is 9.80. The fraction of sp³-hybridized carbons (Fsp3) is 0.333. The first-order valence-corrected chi connectivity index (χ1v) is 6.46. The number of hydrogen-bond acceptors (Lipinski definition) is 3. The molecule has 1 saturated carbocycles. The van der Waals surface area contributed by atoms with Gasteiger partial charge in [0.25, 0.3) is 0 Å². The van der Waals surface area contributed by atoms with Gasteiger partial charge in [-0.1, -0.05) is 30.7 Å². The SMILES string of the molecule is NC(c1ccc(C2CCC2)cc1)c1ccnnc1. The standard InChI is InChI=1S/C15H17N3/c16-15(14-8-9-17-18-10-14)13-6-4-12(5-7-13)11-2-1-3-11/h4-11,15H,1-3,16H2. The largest absolute Gasteiger partial charge is 0.320 e. The molecule has 0 bridgehead atoms. The first-order valence-electron chi connectivity index (χ1n) is 6.46. The zero-order valence-corrected chi connectivity index (χ0v) is 10.3. The maximum absolute atomic E-state index is 6.22. The Bertz CT molecular complexity index is 503. The molecule has 0 amide bonds. The number of nitrogens with zero attached hydrogens (tertiary/aromatic N) is 2. The number of hydrogen-bond donors (Lipinski definition) is 1. The van der Waals surface area contributed by atoms with Crippen LogP contribution in [0.1, 0.15) is 47.9 Å². The smallest absolute Gasteiger partial charge is 0.0568 e. The second-order valence-corrected chi connectivity index (χ2v) is 4.95. The fourth-order valence-electron chi connectivity index (χ4n) is 2.39. The highest BCUT2D eigenvalue weighted by molar-refractivity contribution is 5.33. The van der Waals surface area contributed by atoms with Gasteiger partial charge < -0.3 is 5.73 Å². The fourth-order valence-corrected chi connectivity index (χ4v) is 2.39. The van der Waals surface area contributed by atoms with Crippen molar-refractivity contribution in [2.45, 2.75) is 31.2 Å². The van der Waals surface area contributed by atoms with E-state index >= 15 is 0 Å². The van der Waals surface area contributed by atoms with Crippen LogP contribution in [0.25, 0.3) is 0 Å². The molecule has 3 rings (SSSR count). The molecule has 1 aromatic heterocycles. The Balaban J connectivity index is 1.80. The van der Waals surface area contributed by atoms with Crippen molar-refractivity contribution >= 4 is 0 Å². The molecule has 0 radical (unpaired) electrons. The highest BCUT2D eigenvalue weighted by Crippen LogP contribution is 2.36. The Kier molecular flexibility index (Phi) is 3.07. The van der Waals surface area contributed by atoms with Crippen molar-refractivity contribution in [3.8, 4) is 0 Å². The third-order valence-corrected chi connectivity index (χ3v) is 3.84. The van der Waals surface area contributed by atoms with Gasteiger partial charge in [-0.2, -0.15) is 10.2 Å². The second kappa shape index (κ2) is 4.86. The molecule has 1 atom stereocenters. The van der Waals surface area contributed by atoms with Crippen molar-refractivity contribution in [2.75, 3.05) is 0 Å². The van der Waals surface area contributed by atoms with Crippen molar-refractivity contribution in [1.29, 1.82) is 0 Å². The van der Waals surface area contributed by atoms with E-state index in [4.69, 9.17) is 5.73 Å². The molecule has 1 fully saturated rings. The first-order chi connectivity index (χ1) is 8.84. The van der Waals surface area contributed by atoms with Crippen molar-refractivity contribution in [3.63, 3.8) is 0 Å². The number of nitrogens with two attached hydrogens (primary N) is 1. The summed E-state index contributed by atoms with van der Waals surface area (Å²) in [6.07, 6.45) is 7.44. The van der Waals surface area contributed by atoms with Crippen LogP contribution in [0.2, 0.25) is 0 Å². The normalized spacial score (nSPS) is 17.2. The third kappa shape index (κ3) is 2.14. The molecular formula is C15H17N3. The minimum Gasteiger partial charge on any atom is -0.320 e. The number of benzene rings is 1. The predicted molar refractivity (Wildman–Crippen MR) is 71.1 cm³/mol. The van der Waals surface area contributed by atoms with Gasteiger partial charge >= 0.3 is 0 Å². The summed E-state index contributed by atoms with van der Waals surface area (Å²) in [5.74, 6) is 0.776. The van der Waals surface area contributed by atoms with E-state index < -0.39 is 0 Å². The Labute approximate surface area is 107 Å². The number of aromatic nitrogens is 2. The molecule has 0 spiro atoms. The maximum Gasteiger partial charge on any atom is 0.0568 e. The van der Waals surface area contributed by atoms with Gasteiger partial charge in [-0.3, -0.25) is 0 Å². The second-order valence-electron chi connectivity index (χ2n) is 4.95. The summed E-state index contributed by atoms with van der Waals surface area (Å²) < 4.78 is 0. The Morgan fingerprint density at radius 3 is 2.33 bits per heavy atom. The molecule has 1 aliphatic carbocycles. The summed E-state index contributed by atoms with van der Waals surface area (Å²) in [6, 6.07) is 10.5. The average molecular weight is 239 g/mol. The van der Waals surface area contributed by atoms with Crippen LogP contribution in [0.4, 0.5) is 0 Å². The van der Waals surface area contributed by atoms with Crippen LogP contribution in [0.3, 0.4) is 0 Å². The summed E-state index contributed by atoms with van der Waals surface area (Å²) in [5.41, 5.74) is 9.80. The first kappa shape index (κ1) is 11.4. The summed E-state index contributed by atoms with van der Waals surface area (Å²) >= 11 is 0. The molecule has 2 aromatic rings. The molecular weight excluding hydrogens is 222 g/mol. The number of rotatable bonds is 3. The van der Waals surface area contributed by atoms with Crippen LogP contribution < -0.4 is 5.73 Å². The van der Waals surface area contributed by atoms with Gasteiger partial charge in [-0.05, 0) is 41.5 Å².